The Morgan fingerprint density at radius 1 is 1.40 bits per heavy atom. The van der Waals surface area contributed by atoms with Gasteiger partial charge in [0.15, 0.2) is 0 Å². The first-order chi connectivity index (χ1) is 9.67. The van der Waals surface area contributed by atoms with Crippen LogP contribution in [0.4, 0.5) is 0 Å². The second-order valence-corrected chi connectivity index (χ2v) is 6.14. The van der Waals surface area contributed by atoms with Gasteiger partial charge >= 0.3 is 0 Å². The lowest BCUT2D eigenvalue weighted by Gasteiger charge is -2.35. The maximum atomic E-state index is 12.3. The lowest BCUT2D eigenvalue weighted by Crippen LogP contribution is -2.44. The van der Waals surface area contributed by atoms with Crippen LogP contribution in [0.3, 0.4) is 0 Å². The molecule has 1 saturated heterocycles. The third kappa shape index (κ3) is 3.01. The highest BCUT2D eigenvalue weighted by Gasteiger charge is 2.48. The Hall–Kier alpha value is -1.42. The first-order valence-electron chi connectivity index (χ1n) is 7.56. The van der Waals surface area contributed by atoms with Crippen molar-refractivity contribution in [2.45, 2.75) is 44.1 Å². The maximum absolute atomic E-state index is 12.3. The summed E-state index contributed by atoms with van der Waals surface area (Å²) in [5.74, 6) is 0.511. The third-order valence-electron chi connectivity index (χ3n) is 4.67. The van der Waals surface area contributed by atoms with Crippen molar-refractivity contribution in [1.82, 2.24) is 9.88 Å². The summed E-state index contributed by atoms with van der Waals surface area (Å²) in [6.07, 6.45) is 8.76. The van der Waals surface area contributed by atoms with Gasteiger partial charge in [-0.05, 0) is 49.8 Å². The van der Waals surface area contributed by atoms with Crippen LogP contribution >= 0.6 is 0 Å². The van der Waals surface area contributed by atoms with Crippen LogP contribution in [0.1, 0.15) is 37.7 Å². The SMILES string of the molecule is O=C(CCc1ccncc1)N1CCCC(C2(O)CC2)C1. The number of aromatic nitrogens is 1. The monoisotopic (exact) mass is 274 g/mol. The van der Waals surface area contributed by atoms with Gasteiger partial charge in [-0.15, -0.1) is 0 Å². The van der Waals surface area contributed by atoms with Crippen LogP contribution in [-0.4, -0.2) is 39.6 Å². The largest absolute Gasteiger partial charge is 0.390 e. The number of amides is 1. The van der Waals surface area contributed by atoms with Gasteiger partial charge in [0.1, 0.15) is 0 Å². The molecule has 2 fully saturated rings. The fourth-order valence-corrected chi connectivity index (χ4v) is 3.14. The summed E-state index contributed by atoms with van der Waals surface area (Å²) in [7, 11) is 0. The summed E-state index contributed by atoms with van der Waals surface area (Å²) in [4.78, 5) is 18.2. The normalized spacial score (nSPS) is 24.4. The number of pyridine rings is 1. The van der Waals surface area contributed by atoms with Crippen molar-refractivity contribution in [1.29, 1.82) is 0 Å². The Bertz CT molecular complexity index is 471. The number of rotatable bonds is 4. The number of hydrogen-bond donors (Lipinski definition) is 1. The van der Waals surface area contributed by atoms with E-state index in [4.69, 9.17) is 0 Å². The molecule has 1 unspecified atom stereocenters. The molecule has 2 heterocycles. The number of carbonyl (C=O) groups excluding carboxylic acids is 1. The highest BCUT2D eigenvalue weighted by atomic mass is 16.3. The molecule has 3 rings (SSSR count). The van der Waals surface area contributed by atoms with Crippen molar-refractivity contribution >= 4 is 5.91 Å². The van der Waals surface area contributed by atoms with E-state index in [2.05, 4.69) is 4.98 Å². The van der Waals surface area contributed by atoms with Crippen molar-refractivity contribution in [2.24, 2.45) is 5.92 Å². The molecule has 4 heteroatoms. The molecule has 0 spiro atoms. The van der Waals surface area contributed by atoms with E-state index in [1.807, 2.05) is 17.0 Å². The van der Waals surface area contributed by atoms with Gasteiger partial charge in [0.05, 0.1) is 5.60 Å². The van der Waals surface area contributed by atoms with Crippen molar-refractivity contribution in [2.75, 3.05) is 13.1 Å². The summed E-state index contributed by atoms with van der Waals surface area (Å²) in [6, 6.07) is 3.92. The number of likely N-dealkylation sites (tertiary alicyclic amines) is 1. The van der Waals surface area contributed by atoms with Gasteiger partial charge in [0.25, 0.3) is 0 Å². The minimum absolute atomic E-state index is 0.218. The quantitative estimate of drug-likeness (QED) is 0.910. The number of piperidine rings is 1. The first-order valence-corrected chi connectivity index (χ1v) is 7.56. The smallest absolute Gasteiger partial charge is 0.222 e. The molecule has 0 aromatic carbocycles. The number of aliphatic hydroxyl groups is 1. The predicted molar refractivity (Wildman–Crippen MR) is 76.0 cm³/mol. The molecular formula is C16H22N2O2. The predicted octanol–water partition coefficient (Wildman–Crippen LogP) is 1.78. The third-order valence-corrected chi connectivity index (χ3v) is 4.67. The van der Waals surface area contributed by atoms with Crippen LogP contribution in [0.25, 0.3) is 0 Å². The van der Waals surface area contributed by atoms with Crippen LogP contribution < -0.4 is 0 Å². The number of aryl methyl sites for hydroxylation is 1. The molecule has 0 radical (unpaired) electrons. The van der Waals surface area contributed by atoms with E-state index in [0.717, 1.165) is 50.8 Å². The molecule has 1 N–H and O–H groups in total. The first kappa shape index (κ1) is 13.6. The van der Waals surface area contributed by atoms with Crippen molar-refractivity contribution < 1.29 is 9.90 Å². The van der Waals surface area contributed by atoms with Gasteiger partial charge in [-0.3, -0.25) is 9.78 Å². The molecule has 1 aliphatic heterocycles. The van der Waals surface area contributed by atoms with Gasteiger partial charge < -0.3 is 10.0 Å². The molecule has 1 aliphatic carbocycles. The topological polar surface area (TPSA) is 53.4 Å². The molecule has 1 saturated carbocycles. The summed E-state index contributed by atoms with van der Waals surface area (Å²) in [5.41, 5.74) is 0.701. The zero-order valence-corrected chi connectivity index (χ0v) is 11.8. The maximum Gasteiger partial charge on any atom is 0.222 e. The van der Waals surface area contributed by atoms with Crippen LogP contribution in [0, 0.1) is 5.92 Å². The second-order valence-electron chi connectivity index (χ2n) is 6.14. The van der Waals surface area contributed by atoms with Crippen LogP contribution in [0.2, 0.25) is 0 Å². The Morgan fingerprint density at radius 2 is 2.15 bits per heavy atom. The lowest BCUT2D eigenvalue weighted by molar-refractivity contribution is -0.134. The van der Waals surface area contributed by atoms with Gasteiger partial charge in [-0.2, -0.15) is 0 Å². The van der Waals surface area contributed by atoms with Gasteiger partial charge in [0.2, 0.25) is 5.91 Å². The van der Waals surface area contributed by atoms with E-state index in [1.54, 1.807) is 12.4 Å². The molecule has 1 aromatic rings. The minimum atomic E-state index is -0.454. The van der Waals surface area contributed by atoms with Gasteiger partial charge in [-0.1, -0.05) is 0 Å². The number of carbonyl (C=O) groups is 1. The standard InChI is InChI=1S/C16H22N2O2/c19-15(4-3-13-5-9-17-10-6-13)18-11-1-2-14(12-18)16(20)7-8-16/h5-6,9-10,14,20H,1-4,7-8,11-12H2. The van der Waals surface area contributed by atoms with E-state index >= 15 is 0 Å². The zero-order chi connectivity index (χ0) is 14.0. The summed E-state index contributed by atoms with van der Waals surface area (Å²) in [6.45, 7) is 1.59. The minimum Gasteiger partial charge on any atom is -0.390 e. The molecule has 0 bridgehead atoms. The van der Waals surface area contributed by atoms with Gasteiger partial charge in [-0.25, -0.2) is 0 Å². The Morgan fingerprint density at radius 3 is 2.85 bits per heavy atom. The Kier molecular flexibility index (Phi) is 3.74. The molecule has 4 nitrogen and oxygen atoms in total. The molecule has 1 amide bonds. The number of hydrogen-bond acceptors (Lipinski definition) is 3. The molecule has 2 aliphatic rings. The summed E-state index contributed by atoms with van der Waals surface area (Å²) >= 11 is 0. The number of nitrogens with zero attached hydrogens (tertiary/aromatic N) is 2. The lowest BCUT2D eigenvalue weighted by atomic mass is 9.90. The average Bonchev–Trinajstić information content (AvgIpc) is 3.25. The average molecular weight is 274 g/mol. The molecule has 20 heavy (non-hydrogen) atoms. The summed E-state index contributed by atoms with van der Waals surface area (Å²) < 4.78 is 0. The fraction of sp³-hybridized carbons (Fsp3) is 0.625. The molecule has 108 valence electrons. The van der Waals surface area contributed by atoms with E-state index < -0.39 is 5.60 Å². The Labute approximate surface area is 119 Å². The van der Waals surface area contributed by atoms with E-state index in [1.165, 1.54) is 0 Å². The molecular weight excluding hydrogens is 252 g/mol. The van der Waals surface area contributed by atoms with Crippen LogP contribution in [0.5, 0.6) is 0 Å². The highest BCUT2D eigenvalue weighted by molar-refractivity contribution is 5.76. The molecule has 1 atom stereocenters. The van der Waals surface area contributed by atoms with E-state index in [9.17, 15) is 9.90 Å². The zero-order valence-electron chi connectivity index (χ0n) is 11.8. The van der Waals surface area contributed by atoms with Crippen LogP contribution in [-0.2, 0) is 11.2 Å². The van der Waals surface area contributed by atoms with Crippen molar-refractivity contribution in [3.8, 4) is 0 Å². The fourth-order valence-electron chi connectivity index (χ4n) is 3.14. The highest BCUT2D eigenvalue weighted by Crippen LogP contribution is 2.45. The van der Waals surface area contributed by atoms with E-state index in [-0.39, 0.29) is 5.91 Å². The summed E-state index contributed by atoms with van der Waals surface area (Å²) in [5, 5.41) is 10.2. The Balaban J connectivity index is 1.52. The van der Waals surface area contributed by atoms with E-state index in [0.29, 0.717) is 12.3 Å². The van der Waals surface area contributed by atoms with Crippen LogP contribution in [0.15, 0.2) is 24.5 Å². The van der Waals surface area contributed by atoms with Gasteiger partial charge in [0, 0.05) is 37.8 Å². The van der Waals surface area contributed by atoms with Crippen molar-refractivity contribution in [3.05, 3.63) is 30.1 Å². The van der Waals surface area contributed by atoms with Crippen molar-refractivity contribution in [3.63, 3.8) is 0 Å². The molecule has 1 aromatic heterocycles. The second kappa shape index (κ2) is 5.52.